The molecule has 2 fully saturated rings. The third-order valence-electron chi connectivity index (χ3n) is 9.60. The van der Waals surface area contributed by atoms with E-state index in [1.807, 2.05) is 26.8 Å². The van der Waals surface area contributed by atoms with Crippen LogP contribution in [0.1, 0.15) is 31.9 Å². The highest BCUT2D eigenvalue weighted by atomic mass is 19.1. The van der Waals surface area contributed by atoms with Gasteiger partial charge in [-0.2, -0.15) is 9.78 Å². The van der Waals surface area contributed by atoms with Crippen LogP contribution in [0.2, 0.25) is 0 Å². The van der Waals surface area contributed by atoms with E-state index in [-0.39, 0.29) is 38.9 Å². The van der Waals surface area contributed by atoms with Gasteiger partial charge in [0.05, 0.1) is 55.0 Å². The second-order valence-electron chi connectivity index (χ2n) is 13.9. The van der Waals surface area contributed by atoms with Crippen LogP contribution < -0.4 is 21.3 Å². The van der Waals surface area contributed by atoms with Crippen LogP contribution >= 0.6 is 0 Å². The van der Waals surface area contributed by atoms with Gasteiger partial charge in [-0.25, -0.2) is 13.8 Å². The summed E-state index contributed by atoms with van der Waals surface area (Å²) in [5.41, 5.74) is 1.09. The minimum atomic E-state index is -0.793. The number of fused-ring (bicyclic) bond motifs is 1. The van der Waals surface area contributed by atoms with Crippen LogP contribution in [0.3, 0.4) is 0 Å². The molecule has 2 aromatic carbocycles. The molecule has 0 amide bonds. The fourth-order valence-electron chi connectivity index (χ4n) is 6.59. The monoisotopic (exact) mass is 683 g/mol. The fraction of sp³-hybridized carbons (Fsp3) is 0.351. The van der Waals surface area contributed by atoms with Crippen molar-refractivity contribution in [2.75, 3.05) is 49.6 Å². The molecule has 0 aliphatic carbocycles. The van der Waals surface area contributed by atoms with Gasteiger partial charge >= 0.3 is 0 Å². The van der Waals surface area contributed by atoms with Crippen LogP contribution in [0.25, 0.3) is 27.6 Å². The Labute approximate surface area is 287 Å². The van der Waals surface area contributed by atoms with Gasteiger partial charge in [0, 0.05) is 62.0 Å². The standard InChI is InChI=1S/C37H39F2N7O4/c1-37(2,3)24-11-22-16-41-46(36(49)34(22)30(39)13-24)32-15-25(38)14-28(29(32)19-47)23-12-31(35(48)43(4)18-23)42-33-6-5-26(17-40-33)44-7-9-45(10-8-44)27-20-50-21-27/h5-6,11-18,27,47H,7-10,19-21H2,1-4H3,(H,40,42). The topological polar surface area (TPSA) is 118 Å². The van der Waals surface area contributed by atoms with Gasteiger partial charge in [-0.05, 0) is 52.9 Å². The number of hydrogen-bond acceptors (Lipinski definition) is 9. The minimum Gasteiger partial charge on any atom is -0.392 e. The molecule has 2 saturated heterocycles. The zero-order valence-corrected chi connectivity index (χ0v) is 28.4. The Morgan fingerprint density at radius 1 is 0.980 bits per heavy atom. The number of aromatic nitrogens is 4. The molecule has 50 heavy (non-hydrogen) atoms. The SMILES string of the molecule is Cn1cc(-c2cc(F)cc(-n3ncc4cc(C(C)(C)C)cc(F)c4c3=O)c2CO)cc(Nc2ccc(N3CCN(C4COC4)CC3)cn2)c1=O. The normalized spacial score (nSPS) is 15.8. The molecule has 0 atom stereocenters. The quantitative estimate of drug-likeness (QED) is 0.256. The molecule has 5 heterocycles. The molecule has 3 aromatic heterocycles. The van der Waals surface area contributed by atoms with E-state index >= 15 is 8.78 Å². The maximum absolute atomic E-state index is 15.4. The van der Waals surface area contributed by atoms with E-state index in [4.69, 9.17) is 4.74 Å². The molecule has 11 nitrogen and oxygen atoms in total. The summed E-state index contributed by atoms with van der Waals surface area (Å²) in [5.74, 6) is -0.987. The molecular weight excluding hydrogens is 644 g/mol. The average Bonchev–Trinajstić information content (AvgIpc) is 3.06. The minimum absolute atomic E-state index is 0.0452. The molecule has 0 bridgehead atoms. The number of benzene rings is 2. The Balaban J connectivity index is 1.20. The number of ether oxygens (including phenoxy) is 1. The van der Waals surface area contributed by atoms with E-state index in [1.54, 1.807) is 31.4 Å². The number of anilines is 3. The third-order valence-corrected chi connectivity index (χ3v) is 9.60. The lowest BCUT2D eigenvalue weighted by atomic mass is 9.86. The molecule has 260 valence electrons. The summed E-state index contributed by atoms with van der Waals surface area (Å²) in [6.45, 7) is 10.5. The van der Waals surface area contributed by atoms with Crippen LogP contribution in [0, 0.1) is 11.6 Å². The predicted molar refractivity (Wildman–Crippen MR) is 188 cm³/mol. The van der Waals surface area contributed by atoms with Crippen molar-refractivity contribution >= 4 is 28.0 Å². The highest BCUT2D eigenvalue weighted by Crippen LogP contribution is 2.32. The zero-order valence-electron chi connectivity index (χ0n) is 28.4. The molecule has 7 rings (SSSR count). The highest BCUT2D eigenvalue weighted by molar-refractivity contribution is 5.83. The molecule has 0 spiro atoms. The van der Waals surface area contributed by atoms with Gasteiger partial charge < -0.3 is 24.6 Å². The molecule has 2 N–H and O–H groups in total. The van der Waals surface area contributed by atoms with E-state index in [0.717, 1.165) is 55.8 Å². The van der Waals surface area contributed by atoms with Gasteiger partial charge in [-0.15, -0.1) is 0 Å². The average molecular weight is 684 g/mol. The van der Waals surface area contributed by atoms with Crippen molar-refractivity contribution < 1.29 is 18.6 Å². The summed E-state index contributed by atoms with van der Waals surface area (Å²) in [4.78, 5) is 36.2. The van der Waals surface area contributed by atoms with E-state index in [2.05, 4.69) is 25.2 Å². The summed E-state index contributed by atoms with van der Waals surface area (Å²) in [6, 6.07) is 11.1. The number of aryl methyl sites for hydroxylation is 1. The highest BCUT2D eigenvalue weighted by Gasteiger charge is 2.29. The molecule has 5 aromatic rings. The van der Waals surface area contributed by atoms with Crippen LogP contribution in [0.15, 0.2) is 70.6 Å². The van der Waals surface area contributed by atoms with Gasteiger partial charge in [-0.3, -0.25) is 14.5 Å². The van der Waals surface area contributed by atoms with Gasteiger partial charge in [-0.1, -0.05) is 20.8 Å². The predicted octanol–water partition coefficient (Wildman–Crippen LogP) is 4.48. The van der Waals surface area contributed by atoms with Gasteiger partial charge in [0.2, 0.25) is 0 Å². The van der Waals surface area contributed by atoms with Gasteiger partial charge in [0.25, 0.3) is 11.1 Å². The number of aliphatic hydroxyl groups excluding tert-OH is 1. The largest absolute Gasteiger partial charge is 0.392 e. The Morgan fingerprint density at radius 2 is 1.74 bits per heavy atom. The molecule has 0 unspecified atom stereocenters. The maximum atomic E-state index is 15.4. The first-order valence-electron chi connectivity index (χ1n) is 16.6. The third kappa shape index (κ3) is 6.28. The lowest BCUT2D eigenvalue weighted by Crippen LogP contribution is -2.56. The van der Waals surface area contributed by atoms with Crippen LogP contribution in [-0.4, -0.2) is 74.8 Å². The summed E-state index contributed by atoms with van der Waals surface area (Å²) >= 11 is 0. The Bertz CT molecular complexity index is 2200. The number of halogens is 2. The van der Waals surface area contributed by atoms with Crippen molar-refractivity contribution in [1.82, 2.24) is 24.2 Å². The van der Waals surface area contributed by atoms with Crippen molar-refractivity contribution in [3.63, 3.8) is 0 Å². The van der Waals surface area contributed by atoms with Crippen LogP contribution in [0.4, 0.5) is 26.0 Å². The van der Waals surface area contributed by atoms with Crippen molar-refractivity contribution in [3.8, 4) is 16.8 Å². The molecule has 0 radical (unpaired) electrons. The zero-order chi connectivity index (χ0) is 35.3. The number of rotatable bonds is 7. The first-order valence-corrected chi connectivity index (χ1v) is 16.6. The molecule has 13 heteroatoms. The number of aliphatic hydroxyl groups is 1. The summed E-state index contributed by atoms with van der Waals surface area (Å²) in [5, 5.41) is 18.0. The number of pyridine rings is 2. The molecule has 0 saturated carbocycles. The summed E-state index contributed by atoms with van der Waals surface area (Å²) in [6.07, 6.45) is 4.64. The molecule has 2 aliphatic heterocycles. The van der Waals surface area contributed by atoms with Crippen LogP contribution in [0.5, 0.6) is 0 Å². The Kier molecular flexibility index (Phi) is 8.75. The lowest BCUT2D eigenvalue weighted by Gasteiger charge is -2.43. The van der Waals surface area contributed by atoms with E-state index in [9.17, 15) is 14.7 Å². The van der Waals surface area contributed by atoms with E-state index < -0.39 is 23.8 Å². The molecular formula is C37H39F2N7O4. The number of hydrogen-bond donors (Lipinski definition) is 2. The van der Waals surface area contributed by atoms with Crippen LogP contribution in [-0.2, 0) is 23.8 Å². The summed E-state index contributed by atoms with van der Waals surface area (Å²) < 4.78 is 38.3. The van der Waals surface area contributed by atoms with Gasteiger partial charge in [0.1, 0.15) is 23.1 Å². The Morgan fingerprint density at radius 3 is 2.38 bits per heavy atom. The second kappa shape index (κ2) is 13.0. The van der Waals surface area contributed by atoms with Crippen molar-refractivity contribution in [3.05, 3.63) is 105 Å². The fourth-order valence-corrected chi connectivity index (χ4v) is 6.59. The first kappa shape index (κ1) is 33.5. The van der Waals surface area contributed by atoms with Crippen molar-refractivity contribution in [2.45, 2.75) is 38.8 Å². The Hall–Kier alpha value is -4.98. The lowest BCUT2D eigenvalue weighted by molar-refractivity contribution is -0.0660. The number of nitrogens with zero attached hydrogens (tertiary/aromatic N) is 6. The number of piperazine rings is 1. The second-order valence-corrected chi connectivity index (χ2v) is 13.9. The first-order chi connectivity index (χ1) is 23.9. The van der Waals surface area contributed by atoms with E-state index in [0.29, 0.717) is 28.4 Å². The van der Waals surface area contributed by atoms with Crippen molar-refractivity contribution in [2.24, 2.45) is 7.05 Å². The number of nitrogens with one attached hydrogen (secondary N) is 1. The molecule has 2 aliphatic rings. The smallest absolute Gasteiger partial charge is 0.282 e. The summed E-state index contributed by atoms with van der Waals surface area (Å²) in [7, 11) is 1.56. The van der Waals surface area contributed by atoms with Gasteiger partial charge in [0.15, 0.2) is 0 Å². The van der Waals surface area contributed by atoms with E-state index in [1.165, 1.54) is 29.1 Å². The maximum Gasteiger partial charge on any atom is 0.282 e. The van der Waals surface area contributed by atoms with Crippen molar-refractivity contribution in [1.29, 1.82) is 0 Å².